The number of hydrogen-bond acceptors (Lipinski definition) is 2. The number of benzene rings is 1. The van der Waals surface area contributed by atoms with E-state index in [0.717, 1.165) is 5.56 Å². The molecule has 0 spiro atoms. The van der Waals surface area contributed by atoms with Crippen LogP contribution in [0.3, 0.4) is 0 Å². The fraction of sp³-hybridized carbons (Fsp3) is 0.467. The van der Waals surface area contributed by atoms with Gasteiger partial charge in [0.05, 0.1) is 5.56 Å². The molecule has 0 fully saturated rings. The van der Waals surface area contributed by atoms with Crippen LogP contribution in [0.25, 0.3) is 0 Å². The van der Waals surface area contributed by atoms with Gasteiger partial charge in [-0.1, -0.05) is 32.0 Å². The molecule has 4 nitrogen and oxygen atoms in total. The third-order valence-electron chi connectivity index (χ3n) is 2.97. The SMILES string of the molecule is CC(C)CC(=O)N(C)CCc1ccccc1C(=O)O. The Bertz CT molecular complexity index is 454. The summed E-state index contributed by atoms with van der Waals surface area (Å²) in [6.45, 7) is 4.55. The second kappa shape index (κ2) is 6.92. The van der Waals surface area contributed by atoms with Gasteiger partial charge in [-0.05, 0) is 24.0 Å². The monoisotopic (exact) mass is 263 g/mol. The van der Waals surface area contributed by atoms with Crippen LogP contribution in [0.1, 0.15) is 36.2 Å². The molecule has 1 amide bonds. The van der Waals surface area contributed by atoms with Crippen LogP contribution in [0.4, 0.5) is 0 Å². The lowest BCUT2D eigenvalue weighted by molar-refractivity contribution is -0.130. The van der Waals surface area contributed by atoms with Gasteiger partial charge in [0, 0.05) is 20.0 Å². The summed E-state index contributed by atoms with van der Waals surface area (Å²) in [4.78, 5) is 24.5. The van der Waals surface area contributed by atoms with Crippen molar-refractivity contribution in [3.8, 4) is 0 Å². The second-order valence-electron chi connectivity index (χ2n) is 5.13. The Kier molecular flexibility index (Phi) is 5.55. The quantitative estimate of drug-likeness (QED) is 0.857. The van der Waals surface area contributed by atoms with Crippen molar-refractivity contribution in [3.63, 3.8) is 0 Å². The van der Waals surface area contributed by atoms with Crippen LogP contribution >= 0.6 is 0 Å². The van der Waals surface area contributed by atoms with Crippen LogP contribution in [-0.2, 0) is 11.2 Å². The van der Waals surface area contributed by atoms with Crippen molar-refractivity contribution in [2.75, 3.05) is 13.6 Å². The lowest BCUT2D eigenvalue weighted by Crippen LogP contribution is -2.29. The second-order valence-corrected chi connectivity index (χ2v) is 5.13. The Labute approximate surface area is 114 Å². The molecule has 104 valence electrons. The van der Waals surface area contributed by atoms with Gasteiger partial charge in [0.25, 0.3) is 0 Å². The lowest BCUT2D eigenvalue weighted by Gasteiger charge is -2.18. The smallest absolute Gasteiger partial charge is 0.335 e. The maximum absolute atomic E-state index is 11.8. The molecule has 1 rings (SSSR count). The van der Waals surface area contributed by atoms with Gasteiger partial charge in [0.15, 0.2) is 0 Å². The van der Waals surface area contributed by atoms with Crippen LogP contribution in [-0.4, -0.2) is 35.5 Å². The molecule has 0 saturated carbocycles. The summed E-state index contributed by atoms with van der Waals surface area (Å²) in [5.74, 6) is -0.490. The molecule has 4 heteroatoms. The van der Waals surface area contributed by atoms with E-state index >= 15 is 0 Å². The summed E-state index contributed by atoms with van der Waals surface area (Å²) in [5.41, 5.74) is 1.08. The molecule has 0 aliphatic heterocycles. The Balaban J connectivity index is 2.62. The lowest BCUT2D eigenvalue weighted by atomic mass is 10.0. The van der Waals surface area contributed by atoms with E-state index in [1.165, 1.54) is 0 Å². The fourth-order valence-electron chi connectivity index (χ4n) is 1.86. The first-order valence-electron chi connectivity index (χ1n) is 6.47. The van der Waals surface area contributed by atoms with E-state index in [9.17, 15) is 9.59 Å². The molecule has 1 aromatic carbocycles. The first-order chi connectivity index (χ1) is 8.91. The number of aromatic carboxylic acids is 1. The van der Waals surface area contributed by atoms with Crippen LogP contribution in [0, 0.1) is 5.92 Å². The zero-order valence-corrected chi connectivity index (χ0v) is 11.7. The highest BCUT2D eigenvalue weighted by Crippen LogP contribution is 2.11. The molecule has 0 aliphatic carbocycles. The maximum Gasteiger partial charge on any atom is 0.335 e. The zero-order chi connectivity index (χ0) is 14.4. The minimum absolute atomic E-state index is 0.0998. The van der Waals surface area contributed by atoms with Gasteiger partial charge in [0.2, 0.25) is 5.91 Å². The number of carbonyl (C=O) groups is 2. The van der Waals surface area contributed by atoms with Crippen molar-refractivity contribution in [2.45, 2.75) is 26.7 Å². The summed E-state index contributed by atoms with van der Waals surface area (Å²) in [6, 6.07) is 6.91. The first-order valence-corrected chi connectivity index (χ1v) is 6.47. The molecule has 0 atom stereocenters. The Morgan fingerprint density at radius 2 is 1.89 bits per heavy atom. The van der Waals surface area contributed by atoms with Crippen LogP contribution in [0.15, 0.2) is 24.3 Å². The summed E-state index contributed by atoms with van der Waals surface area (Å²) in [7, 11) is 1.76. The third kappa shape index (κ3) is 4.73. The number of rotatable bonds is 6. The number of carboxylic acids is 1. The topological polar surface area (TPSA) is 57.6 Å². The maximum atomic E-state index is 11.8. The van der Waals surface area contributed by atoms with Crippen molar-refractivity contribution in [1.29, 1.82) is 0 Å². The van der Waals surface area contributed by atoms with E-state index < -0.39 is 5.97 Å². The largest absolute Gasteiger partial charge is 0.478 e. The van der Waals surface area contributed by atoms with E-state index in [-0.39, 0.29) is 5.91 Å². The van der Waals surface area contributed by atoms with Crippen molar-refractivity contribution < 1.29 is 14.7 Å². The van der Waals surface area contributed by atoms with Crippen LogP contribution in [0.2, 0.25) is 0 Å². The van der Waals surface area contributed by atoms with Gasteiger partial charge in [-0.15, -0.1) is 0 Å². The minimum atomic E-state index is -0.924. The number of amides is 1. The van der Waals surface area contributed by atoms with Gasteiger partial charge in [-0.3, -0.25) is 4.79 Å². The molecule has 0 saturated heterocycles. The third-order valence-corrected chi connectivity index (χ3v) is 2.97. The summed E-state index contributed by atoms with van der Waals surface area (Å²) >= 11 is 0. The fourth-order valence-corrected chi connectivity index (χ4v) is 1.86. The molecule has 0 bridgehead atoms. The predicted octanol–water partition coefficient (Wildman–Crippen LogP) is 2.43. The van der Waals surface area contributed by atoms with Gasteiger partial charge >= 0.3 is 5.97 Å². The average molecular weight is 263 g/mol. The highest BCUT2D eigenvalue weighted by molar-refractivity contribution is 5.89. The van der Waals surface area contributed by atoms with E-state index in [1.807, 2.05) is 19.9 Å². The molecule has 1 aromatic rings. The van der Waals surface area contributed by atoms with Gasteiger partial charge in [-0.2, -0.15) is 0 Å². The molecular formula is C15H21NO3. The van der Waals surface area contributed by atoms with Gasteiger partial charge in [-0.25, -0.2) is 4.79 Å². The molecule has 1 N–H and O–H groups in total. The first kappa shape index (κ1) is 15.2. The van der Waals surface area contributed by atoms with E-state index in [1.54, 1.807) is 30.1 Å². The highest BCUT2D eigenvalue weighted by atomic mass is 16.4. The van der Waals surface area contributed by atoms with Crippen molar-refractivity contribution in [3.05, 3.63) is 35.4 Å². The number of carbonyl (C=O) groups excluding carboxylic acids is 1. The Morgan fingerprint density at radius 3 is 2.47 bits per heavy atom. The predicted molar refractivity (Wildman–Crippen MR) is 74.2 cm³/mol. The highest BCUT2D eigenvalue weighted by Gasteiger charge is 2.13. The normalized spacial score (nSPS) is 10.5. The number of nitrogens with zero attached hydrogens (tertiary/aromatic N) is 1. The summed E-state index contributed by atoms with van der Waals surface area (Å²) in [5, 5.41) is 9.08. The Morgan fingerprint density at radius 1 is 1.26 bits per heavy atom. The molecular weight excluding hydrogens is 242 g/mol. The molecule has 0 unspecified atom stereocenters. The molecule has 19 heavy (non-hydrogen) atoms. The summed E-state index contributed by atoms with van der Waals surface area (Å²) in [6.07, 6.45) is 1.08. The minimum Gasteiger partial charge on any atom is -0.478 e. The van der Waals surface area contributed by atoms with E-state index in [2.05, 4.69) is 0 Å². The molecule has 0 heterocycles. The average Bonchev–Trinajstić information content (AvgIpc) is 2.35. The number of likely N-dealkylation sites (N-methyl/N-ethyl adjacent to an activating group) is 1. The van der Waals surface area contributed by atoms with Crippen molar-refractivity contribution >= 4 is 11.9 Å². The molecule has 0 aromatic heterocycles. The number of carboxylic acid groups (broad SMARTS) is 1. The van der Waals surface area contributed by atoms with E-state index in [0.29, 0.717) is 30.9 Å². The van der Waals surface area contributed by atoms with Crippen molar-refractivity contribution in [2.24, 2.45) is 5.92 Å². The Hall–Kier alpha value is -1.84. The van der Waals surface area contributed by atoms with Crippen molar-refractivity contribution in [1.82, 2.24) is 4.90 Å². The molecule has 0 aliphatic rings. The van der Waals surface area contributed by atoms with Crippen LogP contribution < -0.4 is 0 Å². The number of hydrogen-bond donors (Lipinski definition) is 1. The van der Waals surface area contributed by atoms with Gasteiger partial charge in [0.1, 0.15) is 0 Å². The molecule has 0 radical (unpaired) electrons. The van der Waals surface area contributed by atoms with E-state index in [4.69, 9.17) is 5.11 Å². The van der Waals surface area contributed by atoms with Gasteiger partial charge < -0.3 is 10.0 Å². The standard InChI is InChI=1S/C15H21NO3/c1-11(2)10-14(17)16(3)9-8-12-6-4-5-7-13(12)15(18)19/h4-7,11H,8-10H2,1-3H3,(H,18,19). The van der Waals surface area contributed by atoms with Crippen LogP contribution in [0.5, 0.6) is 0 Å². The summed E-state index contributed by atoms with van der Waals surface area (Å²) < 4.78 is 0. The zero-order valence-electron chi connectivity index (χ0n) is 11.7.